The molecule has 1 amide bonds. The smallest absolute Gasteiger partial charge is 0.254 e. The van der Waals surface area contributed by atoms with Crippen molar-refractivity contribution in [3.05, 3.63) is 58.7 Å². The molecular formula is C30H45N3O3. The van der Waals surface area contributed by atoms with Crippen LogP contribution in [0.15, 0.2) is 42.0 Å². The molecule has 1 N–H and O–H groups in total. The van der Waals surface area contributed by atoms with Gasteiger partial charge in [-0.2, -0.15) is 0 Å². The van der Waals surface area contributed by atoms with Crippen molar-refractivity contribution in [2.45, 2.75) is 77.8 Å². The van der Waals surface area contributed by atoms with Gasteiger partial charge in [0.15, 0.2) is 0 Å². The second-order valence-corrected chi connectivity index (χ2v) is 12.1. The molecule has 198 valence electrons. The number of likely N-dealkylation sites (N-methyl/N-ethyl adjacent to an activating group) is 1. The summed E-state index contributed by atoms with van der Waals surface area (Å²) in [5.74, 6) is 0.594. The molecule has 1 aliphatic carbocycles. The van der Waals surface area contributed by atoms with E-state index in [0.29, 0.717) is 12.5 Å². The lowest BCUT2D eigenvalue weighted by molar-refractivity contribution is -0.0724. The standard InChI is InChI=1S/C30H45N3O3/c1-22(2)21-36-30(5)18-23(10-11-27(30)34)12-13-29(3,4)33-19-24-8-7-9-25(26(24)20-33)28(35)32-16-14-31(6)15-17-32/h7-11,18,22,27,34H,12-17,19-21H2,1-6H3. The minimum atomic E-state index is -0.680. The van der Waals surface area contributed by atoms with E-state index in [1.54, 1.807) is 0 Å². The molecule has 2 heterocycles. The quantitative estimate of drug-likeness (QED) is 0.585. The van der Waals surface area contributed by atoms with E-state index in [-0.39, 0.29) is 11.4 Å². The second kappa shape index (κ2) is 10.8. The first-order chi connectivity index (χ1) is 17.0. The van der Waals surface area contributed by atoms with Gasteiger partial charge in [0.25, 0.3) is 5.91 Å². The summed E-state index contributed by atoms with van der Waals surface area (Å²) in [6, 6.07) is 6.23. The van der Waals surface area contributed by atoms with Gasteiger partial charge in [-0.05, 0) is 75.4 Å². The Morgan fingerprint density at radius 3 is 2.61 bits per heavy atom. The molecule has 4 rings (SSSR count). The summed E-state index contributed by atoms with van der Waals surface area (Å²) in [5.41, 5.74) is 3.85. The molecule has 1 aromatic rings. The van der Waals surface area contributed by atoms with E-state index in [1.165, 1.54) is 16.7 Å². The molecule has 0 radical (unpaired) electrons. The van der Waals surface area contributed by atoms with Gasteiger partial charge in [0.05, 0.1) is 6.61 Å². The van der Waals surface area contributed by atoms with Crippen LogP contribution < -0.4 is 0 Å². The Hall–Kier alpha value is -1.99. The van der Waals surface area contributed by atoms with Crippen LogP contribution in [0.2, 0.25) is 0 Å². The fraction of sp³-hybridized carbons (Fsp3) is 0.633. The van der Waals surface area contributed by atoms with Gasteiger partial charge in [0.2, 0.25) is 0 Å². The van der Waals surface area contributed by atoms with Crippen LogP contribution in [0.4, 0.5) is 0 Å². The number of piperazine rings is 1. The number of carbonyl (C=O) groups excluding carboxylic acids is 1. The maximum absolute atomic E-state index is 13.4. The normalized spacial score (nSPS) is 25.4. The number of carbonyl (C=O) groups is 1. The second-order valence-electron chi connectivity index (χ2n) is 12.1. The van der Waals surface area contributed by atoms with Crippen molar-refractivity contribution in [3.63, 3.8) is 0 Å². The van der Waals surface area contributed by atoms with Gasteiger partial charge in [-0.25, -0.2) is 0 Å². The molecule has 1 aromatic carbocycles. The van der Waals surface area contributed by atoms with Crippen LogP contribution in [0.25, 0.3) is 0 Å². The number of benzene rings is 1. The number of aliphatic hydroxyl groups is 1. The number of ether oxygens (including phenoxy) is 1. The number of hydrogen-bond acceptors (Lipinski definition) is 5. The van der Waals surface area contributed by atoms with E-state index >= 15 is 0 Å². The average Bonchev–Trinajstić information content (AvgIpc) is 3.29. The lowest BCUT2D eigenvalue weighted by Crippen LogP contribution is -2.47. The molecule has 6 nitrogen and oxygen atoms in total. The van der Waals surface area contributed by atoms with Crippen molar-refractivity contribution in [1.82, 2.24) is 14.7 Å². The van der Waals surface area contributed by atoms with E-state index in [4.69, 9.17) is 4.74 Å². The van der Waals surface area contributed by atoms with Crippen LogP contribution >= 0.6 is 0 Å². The third-order valence-corrected chi connectivity index (χ3v) is 8.17. The van der Waals surface area contributed by atoms with Crippen LogP contribution in [0.1, 0.15) is 68.9 Å². The highest BCUT2D eigenvalue weighted by molar-refractivity contribution is 5.96. The summed E-state index contributed by atoms with van der Waals surface area (Å²) in [6.45, 7) is 16.6. The first kappa shape index (κ1) is 27.1. The Bertz CT molecular complexity index is 1010. The lowest BCUT2D eigenvalue weighted by atomic mass is 9.86. The number of rotatable bonds is 8. The van der Waals surface area contributed by atoms with E-state index in [2.05, 4.69) is 56.7 Å². The Morgan fingerprint density at radius 1 is 1.19 bits per heavy atom. The predicted molar refractivity (Wildman–Crippen MR) is 145 cm³/mol. The Kier molecular flexibility index (Phi) is 8.10. The van der Waals surface area contributed by atoms with Crippen molar-refractivity contribution in [3.8, 4) is 0 Å². The third-order valence-electron chi connectivity index (χ3n) is 8.17. The topological polar surface area (TPSA) is 56.2 Å². The highest BCUT2D eigenvalue weighted by Gasteiger charge is 2.36. The summed E-state index contributed by atoms with van der Waals surface area (Å²) >= 11 is 0. The maximum Gasteiger partial charge on any atom is 0.254 e. The Balaban J connectivity index is 1.41. The number of nitrogens with zero attached hydrogens (tertiary/aromatic N) is 3. The molecular weight excluding hydrogens is 450 g/mol. The largest absolute Gasteiger partial charge is 0.386 e. The monoisotopic (exact) mass is 495 g/mol. The summed E-state index contributed by atoms with van der Waals surface area (Å²) in [6.07, 6.45) is 7.29. The first-order valence-electron chi connectivity index (χ1n) is 13.5. The molecule has 2 unspecified atom stereocenters. The zero-order valence-electron chi connectivity index (χ0n) is 23.1. The van der Waals surface area contributed by atoms with Gasteiger partial charge in [-0.1, -0.05) is 38.1 Å². The van der Waals surface area contributed by atoms with Gasteiger partial charge >= 0.3 is 0 Å². The fourth-order valence-electron chi connectivity index (χ4n) is 5.37. The first-order valence-corrected chi connectivity index (χ1v) is 13.5. The zero-order chi connectivity index (χ0) is 26.1. The number of allylic oxidation sites excluding steroid dienone is 2. The molecule has 3 aliphatic rings. The summed E-state index contributed by atoms with van der Waals surface area (Å²) < 4.78 is 6.11. The zero-order valence-corrected chi connectivity index (χ0v) is 23.1. The molecule has 36 heavy (non-hydrogen) atoms. The van der Waals surface area contributed by atoms with Crippen LogP contribution in [0.5, 0.6) is 0 Å². The molecule has 0 saturated carbocycles. The van der Waals surface area contributed by atoms with Crippen molar-refractivity contribution in [2.24, 2.45) is 5.92 Å². The molecule has 1 fully saturated rings. The molecule has 0 aromatic heterocycles. The van der Waals surface area contributed by atoms with Crippen molar-refractivity contribution in [2.75, 3.05) is 39.8 Å². The average molecular weight is 496 g/mol. The Labute approximate surface area is 217 Å². The summed E-state index contributed by atoms with van der Waals surface area (Å²) in [5, 5.41) is 10.5. The SMILES string of the molecule is CC(C)COC1(C)C=C(CCC(C)(C)N2Cc3cccc(C(=O)N4CCN(C)CC4)c3C2)C=CC1O. The molecule has 6 heteroatoms. The number of hydrogen-bond donors (Lipinski definition) is 1. The fourth-order valence-corrected chi connectivity index (χ4v) is 5.37. The van der Waals surface area contributed by atoms with E-state index < -0.39 is 11.7 Å². The highest BCUT2D eigenvalue weighted by atomic mass is 16.5. The maximum atomic E-state index is 13.4. The molecule has 2 atom stereocenters. The van der Waals surface area contributed by atoms with Crippen molar-refractivity contribution >= 4 is 5.91 Å². The number of amides is 1. The van der Waals surface area contributed by atoms with Crippen LogP contribution in [0.3, 0.4) is 0 Å². The number of fused-ring (bicyclic) bond motifs is 1. The van der Waals surface area contributed by atoms with E-state index in [0.717, 1.165) is 57.7 Å². The summed E-state index contributed by atoms with van der Waals surface area (Å²) in [7, 11) is 2.11. The van der Waals surface area contributed by atoms with E-state index in [1.807, 2.05) is 36.1 Å². The predicted octanol–water partition coefficient (Wildman–Crippen LogP) is 4.24. The van der Waals surface area contributed by atoms with Gasteiger partial charge in [0.1, 0.15) is 11.7 Å². The number of aliphatic hydroxyl groups excluding tert-OH is 1. The molecule has 0 spiro atoms. The van der Waals surface area contributed by atoms with E-state index in [9.17, 15) is 9.90 Å². The molecule has 2 aliphatic heterocycles. The van der Waals surface area contributed by atoms with Crippen molar-refractivity contribution < 1.29 is 14.6 Å². The van der Waals surface area contributed by atoms with Crippen molar-refractivity contribution in [1.29, 1.82) is 0 Å². The van der Waals surface area contributed by atoms with Gasteiger partial charge < -0.3 is 19.6 Å². The summed E-state index contributed by atoms with van der Waals surface area (Å²) in [4.78, 5) is 20.2. The van der Waals surface area contributed by atoms with Gasteiger partial charge in [-0.15, -0.1) is 0 Å². The molecule has 1 saturated heterocycles. The Morgan fingerprint density at radius 2 is 1.92 bits per heavy atom. The molecule has 0 bridgehead atoms. The lowest BCUT2D eigenvalue weighted by Gasteiger charge is -2.37. The van der Waals surface area contributed by atoms with Gasteiger partial charge in [0, 0.05) is 50.4 Å². The van der Waals surface area contributed by atoms with Gasteiger partial charge in [-0.3, -0.25) is 9.69 Å². The minimum absolute atomic E-state index is 0.0346. The van der Waals surface area contributed by atoms with Crippen LogP contribution in [0, 0.1) is 5.92 Å². The third kappa shape index (κ3) is 5.94. The van der Waals surface area contributed by atoms with Crippen LogP contribution in [-0.2, 0) is 17.8 Å². The highest BCUT2D eigenvalue weighted by Crippen LogP contribution is 2.36. The van der Waals surface area contributed by atoms with Crippen LogP contribution in [-0.4, -0.2) is 82.8 Å². The minimum Gasteiger partial charge on any atom is -0.386 e.